The first-order chi connectivity index (χ1) is 7.60. The first kappa shape index (κ1) is 13.0. The number of hydrogen-bond acceptors (Lipinski definition) is 3. The fraction of sp³-hybridized carbons (Fsp3) is 0.818. The number of rotatable bonds is 6. The predicted molar refractivity (Wildman–Crippen MR) is 61.9 cm³/mol. The smallest absolute Gasteiger partial charge is 0.236 e. The van der Waals surface area contributed by atoms with Crippen LogP contribution in [0.15, 0.2) is 0 Å². The van der Waals surface area contributed by atoms with Crippen molar-refractivity contribution in [2.24, 2.45) is 0 Å². The van der Waals surface area contributed by atoms with E-state index in [9.17, 15) is 9.59 Å². The van der Waals surface area contributed by atoms with E-state index in [2.05, 4.69) is 10.6 Å². The predicted octanol–water partition coefficient (Wildman–Crippen LogP) is -0.279. The summed E-state index contributed by atoms with van der Waals surface area (Å²) in [6.45, 7) is 4.72. The van der Waals surface area contributed by atoms with Gasteiger partial charge in [-0.05, 0) is 26.7 Å². The van der Waals surface area contributed by atoms with Crippen LogP contribution in [0.2, 0.25) is 0 Å². The zero-order valence-electron chi connectivity index (χ0n) is 10.2. The van der Waals surface area contributed by atoms with Gasteiger partial charge in [0.15, 0.2) is 0 Å². The molecule has 0 aromatic carbocycles. The molecule has 0 spiro atoms. The molecule has 0 radical (unpaired) electrons. The molecule has 1 atom stereocenters. The average Bonchev–Trinajstić information content (AvgIpc) is 3.10. The van der Waals surface area contributed by atoms with Crippen molar-refractivity contribution >= 4 is 11.8 Å². The Morgan fingerprint density at radius 3 is 2.50 bits per heavy atom. The van der Waals surface area contributed by atoms with Gasteiger partial charge in [-0.3, -0.25) is 14.9 Å². The van der Waals surface area contributed by atoms with E-state index >= 15 is 0 Å². The van der Waals surface area contributed by atoms with Crippen molar-refractivity contribution in [2.75, 3.05) is 20.1 Å². The van der Waals surface area contributed by atoms with Crippen LogP contribution in [0.1, 0.15) is 26.7 Å². The molecule has 1 fully saturated rings. The Kier molecular flexibility index (Phi) is 4.73. The molecule has 2 N–H and O–H groups in total. The Labute approximate surface area is 96.6 Å². The van der Waals surface area contributed by atoms with Crippen LogP contribution >= 0.6 is 0 Å². The summed E-state index contributed by atoms with van der Waals surface area (Å²) in [5.74, 6) is -0.0111. The standard InChI is InChI=1S/C11H21N3O2/c1-4-14(9-5-6-9)10(15)7-13-8(2)11(16)12-3/h8-9,13H,4-7H2,1-3H3,(H,12,16). The summed E-state index contributed by atoms with van der Waals surface area (Å²) in [5.41, 5.74) is 0. The minimum Gasteiger partial charge on any atom is -0.358 e. The number of nitrogens with zero attached hydrogens (tertiary/aromatic N) is 1. The number of likely N-dealkylation sites (N-methyl/N-ethyl adjacent to an activating group) is 2. The summed E-state index contributed by atoms with van der Waals surface area (Å²) in [5, 5.41) is 5.47. The van der Waals surface area contributed by atoms with Crippen LogP contribution in [0.3, 0.4) is 0 Å². The maximum absolute atomic E-state index is 11.8. The maximum atomic E-state index is 11.8. The first-order valence-corrected chi connectivity index (χ1v) is 5.84. The molecule has 1 rings (SSSR count). The molecular weight excluding hydrogens is 206 g/mol. The van der Waals surface area contributed by atoms with E-state index in [-0.39, 0.29) is 24.4 Å². The minimum atomic E-state index is -0.327. The summed E-state index contributed by atoms with van der Waals surface area (Å²) in [6.07, 6.45) is 2.23. The van der Waals surface area contributed by atoms with Gasteiger partial charge in [0, 0.05) is 19.6 Å². The third kappa shape index (κ3) is 3.48. The average molecular weight is 227 g/mol. The molecule has 0 saturated heterocycles. The molecule has 1 aliphatic rings. The fourth-order valence-electron chi connectivity index (χ4n) is 1.68. The second-order valence-electron chi connectivity index (χ2n) is 4.13. The lowest BCUT2D eigenvalue weighted by Gasteiger charge is -2.21. The Morgan fingerprint density at radius 1 is 1.44 bits per heavy atom. The molecule has 0 heterocycles. The molecule has 0 aromatic rings. The highest BCUT2D eigenvalue weighted by atomic mass is 16.2. The van der Waals surface area contributed by atoms with Crippen molar-refractivity contribution in [3.8, 4) is 0 Å². The lowest BCUT2D eigenvalue weighted by atomic mass is 10.3. The van der Waals surface area contributed by atoms with Crippen molar-refractivity contribution < 1.29 is 9.59 Å². The van der Waals surface area contributed by atoms with Gasteiger partial charge < -0.3 is 10.2 Å². The van der Waals surface area contributed by atoms with Gasteiger partial charge in [0.2, 0.25) is 11.8 Å². The van der Waals surface area contributed by atoms with Crippen LogP contribution in [0, 0.1) is 0 Å². The molecule has 0 aliphatic heterocycles. The van der Waals surface area contributed by atoms with Gasteiger partial charge >= 0.3 is 0 Å². The van der Waals surface area contributed by atoms with Crippen LogP contribution in [-0.4, -0.2) is 48.9 Å². The van der Waals surface area contributed by atoms with Gasteiger partial charge in [-0.1, -0.05) is 0 Å². The molecule has 5 heteroatoms. The third-order valence-corrected chi connectivity index (χ3v) is 2.85. The van der Waals surface area contributed by atoms with E-state index in [0.717, 1.165) is 19.4 Å². The van der Waals surface area contributed by atoms with Gasteiger partial charge in [0.05, 0.1) is 12.6 Å². The number of carbonyl (C=O) groups excluding carboxylic acids is 2. The minimum absolute atomic E-state index is 0.0840. The lowest BCUT2D eigenvalue weighted by Crippen LogP contribution is -2.46. The highest BCUT2D eigenvalue weighted by molar-refractivity contribution is 5.83. The van der Waals surface area contributed by atoms with Gasteiger partial charge in [-0.2, -0.15) is 0 Å². The quantitative estimate of drug-likeness (QED) is 0.656. The van der Waals surface area contributed by atoms with Crippen LogP contribution < -0.4 is 10.6 Å². The summed E-state index contributed by atoms with van der Waals surface area (Å²) >= 11 is 0. The summed E-state index contributed by atoms with van der Waals surface area (Å²) < 4.78 is 0. The fourth-order valence-corrected chi connectivity index (χ4v) is 1.68. The summed E-state index contributed by atoms with van der Waals surface area (Å²) in [4.78, 5) is 24.9. The van der Waals surface area contributed by atoms with E-state index in [1.807, 2.05) is 11.8 Å². The molecule has 16 heavy (non-hydrogen) atoms. The van der Waals surface area contributed by atoms with Gasteiger partial charge in [0.25, 0.3) is 0 Å². The maximum Gasteiger partial charge on any atom is 0.236 e. The molecule has 0 bridgehead atoms. The van der Waals surface area contributed by atoms with Crippen LogP contribution in [0.4, 0.5) is 0 Å². The van der Waals surface area contributed by atoms with Gasteiger partial charge in [0.1, 0.15) is 0 Å². The van der Waals surface area contributed by atoms with E-state index in [4.69, 9.17) is 0 Å². The third-order valence-electron chi connectivity index (χ3n) is 2.85. The Hall–Kier alpha value is -1.10. The van der Waals surface area contributed by atoms with E-state index in [0.29, 0.717) is 6.04 Å². The number of nitrogens with one attached hydrogen (secondary N) is 2. The normalized spacial score (nSPS) is 16.7. The summed E-state index contributed by atoms with van der Waals surface area (Å²) in [7, 11) is 1.59. The Balaban J connectivity index is 2.30. The highest BCUT2D eigenvalue weighted by Gasteiger charge is 2.31. The Morgan fingerprint density at radius 2 is 2.06 bits per heavy atom. The van der Waals surface area contributed by atoms with Crippen molar-refractivity contribution in [3.63, 3.8) is 0 Å². The molecular formula is C11H21N3O2. The molecule has 5 nitrogen and oxygen atoms in total. The Bertz CT molecular complexity index is 264. The molecule has 1 aliphatic carbocycles. The van der Waals surface area contributed by atoms with Crippen molar-refractivity contribution in [2.45, 2.75) is 38.8 Å². The number of amides is 2. The zero-order valence-corrected chi connectivity index (χ0v) is 10.2. The first-order valence-electron chi connectivity index (χ1n) is 5.84. The van der Waals surface area contributed by atoms with Crippen LogP contribution in [0.5, 0.6) is 0 Å². The second-order valence-corrected chi connectivity index (χ2v) is 4.13. The van der Waals surface area contributed by atoms with Crippen LogP contribution in [0.25, 0.3) is 0 Å². The van der Waals surface area contributed by atoms with E-state index in [1.165, 1.54) is 0 Å². The molecule has 2 amide bonds. The SMILES string of the molecule is CCN(C(=O)CNC(C)C(=O)NC)C1CC1. The molecule has 1 unspecified atom stereocenters. The van der Waals surface area contributed by atoms with Crippen molar-refractivity contribution in [1.29, 1.82) is 0 Å². The highest BCUT2D eigenvalue weighted by Crippen LogP contribution is 2.26. The lowest BCUT2D eigenvalue weighted by molar-refractivity contribution is -0.131. The monoisotopic (exact) mass is 227 g/mol. The van der Waals surface area contributed by atoms with Crippen LogP contribution in [-0.2, 0) is 9.59 Å². The molecule has 1 saturated carbocycles. The van der Waals surface area contributed by atoms with Crippen molar-refractivity contribution in [1.82, 2.24) is 15.5 Å². The van der Waals surface area contributed by atoms with E-state index < -0.39 is 0 Å². The van der Waals surface area contributed by atoms with Gasteiger partial charge in [-0.25, -0.2) is 0 Å². The molecule has 0 aromatic heterocycles. The number of carbonyl (C=O) groups is 2. The van der Waals surface area contributed by atoms with E-state index in [1.54, 1.807) is 14.0 Å². The summed E-state index contributed by atoms with van der Waals surface area (Å²) in [6, 6.07) is 0.112. The van der Waals surface area contributed by atoms with Gasteiger partial charge in [-0.15, -0.1) is 0 Å². The zero-order chi connectivity index (χ0) is 12.1. The topological polar surface area (TPSA) is 61.4 Å². The molecule has 92 valence electrons. The largest absolute Gasteiger partial charge is 0.358 e. The second kappa shape index (κ2) is 5.84. The van der Waals surface area contributed by atoms with Crippen molar-refractivity contribution in [3.05, 3.63) is 0 Å². The number of hydrogen-bond donors (Lipinski definition) is 2.